The summed E-state index contributed by atoms with van der Waals surface area (Å²) in [7, 11) is 0. The van der Waals surface area contributed by atoms with Gasteiger partial charge >= 0.3 is 0 Å². The van der Waals surface area contributed by atoms with Gasteiger partial charge in [0, 0.05) is 11.1 Å². The van der Waals surface area contributed by atoms with E-state index in [-0.39, 0.29) is 23.0 Å². The van der Waals surface area contributed by atoms with Gasteiger partial charge in [0.1, 0.15) is 5.82 Å². The van der Waals surface area contributed by atoms with Crippen LogP contribution in [0.5, 0.6) is 0 Å². The molecular formula is C14H17FN4OS. The molecule has 1 aromatic carbocycles. The van der Waals surface area contributed by atoms with Crippen molar-refractivity contribution in [1.29, 1.82) is 0 Å². The molecule has 1 aromatic heterocycles. The van der Waals surface area contributed by atoms with Crippen molar-refractivity contribution >= 4 is 17.7 Å². The second-order valence-corrected chi connectivity index (χ2v) is 6.50. The van der Waals surface area contributed by atoms with Crippen molar-refractivity contribution < 1.29 is 9.18 Å². The average molecular weight is 308 g/mol. The first-order valence-electron chi connectivity index (χ1n) is 6.46. The third kappa shape index (κ3) is 4.86. The van der Waals surface area contributed by atoms with Crippen molar-refractivity contribution in [3.8, 4) is 11.4 Å². The third-order valence-corrected chi connectivity index (χ3v) is 3.28. The fraction of sp³-hybridized carbons (Fsp3) is 0.357. The number of H-pyrrole nitrogens is 1. The maximum absolute atomic E-state index is 12.9. The van der Waals surface area contributed by atoms with Crippen molar-refractivity contribution in [3.63, 3.8) is 0 Å². The van der Waals surface area contributed by atoms with E-state index >= 15 is 0 Å². The summed E-state index contributed by atoms with van der Waals surface area (Å²) in [6, 6.07) is 5.97. The molecule has 0 unspecified atom stereocenters. The van der Waals surface area contributed by atoms with Gasteiger partial charge in [-0.3, -0.25) is 9.89 Å². The normalized spacial score (nSPS) is 11.4. The van der Waals surface area contributed by atoms with Gasteiger partial charge in [0.15, 0.2) is 5.82 Å². The minimum Gasteiger partial charge on any atom is -0.351 e. The molecule has 0 fully saturated rings. The van der Waals surface area contributed by atoms with Crippen LogP contribution in [0.4, 0.5) is 4.39 Å². The number of halogens is 1. The monoisotopic (exact) mass is 308 g/mol. The number of rotatable bonds is 4. The summed E-state index contributed by atoms with van der Waals surface area (Å²) in [6.07, 6.45) is 0. The number of thioether (sulfide) groups is 1. The minimum absolute atomic E-state index is 0.0689. The van der Waals surface area contributed by atoms with Crippen molar-refractivity contribution in [2.24, 2.45) is 0 Å². The zero-order chi connectivity index (χ0) is 15.5. The van der Waals surface area contributed by atoms with Crippen LogP contribution in [0.2, 0.25) is 0 Å². The van der Waals surface area contributed by atoms with Gasteiger partial charge in [-0.1, -0.05) is 11.8 Å². The molecule has 0 aliphatic heterocycles. The maximum atomic E-state index is 12.9. The van der Waals surface area contributed by atoms with Gasteiger partial charge in [-0.25, -0.2) is 9.37 Å². The molecule has 0 saturated heterocycles. The molecule has 2 aromatic rings. The van der Waals surface area contributed by atoms with Crippen molar-refractivity contribution in [2.75, 3.05) is 5.75 Å². The summed E-state index contributed by atoms with van der Waals surface area (Å²) in [6.45, 7) is 5.78. The highest BCUT2D eigenvalue weighted by Gasteiger charge is 2.15. The predicted octanol–water partition coefficient (Wildman–Crippen LogP) is 2.62. The Labute approximate surface area is 126 Å². The molecule has 0 spiro atoms. The lowest BCUT2D eigenvalue weighted by molar-refractivity contribution is -0.119. The van der Waals surface area contributed by atoms with E-state index in [0.29, 0.717) is 11.0 Å². The Balaban J connectivity index is 1.94. The molecule has 0 bridgehead atoms. The van der Waals surface area contributed by atoms with Gasteiger partial charge in [0.05, 0.1) is 5.75 Å². The molecule has 0 aliphatic rings. The molecule has 5 nitrogen and oxygen atoms in total. The van der Waals surface area contributed by atoms with E-state index in [0.717, 1.165) is 5.56 Å². The lowest BCUT2D eigenvalue weighted by Crippen LogP contribution is -2.41. The molecule has 7 heteroatoms. The van der Waals surface area contributed by atoms with Gasteiger partial charge in [-0.15, -0.1) is 5.10 Å². The minimum atomic E-state index is -0.299. The summed E-state index contributed by atoms with van der Waals surface area (Å²) in [4.78, 5) is 16.0. The summed E-state index contributed by atoms with van der Waals surface area (Å²) >= 11 is 1.25. The van der Waals surface area contributed by atoms with E-state index in [1.165, 1.54) is 23.9 Å². The first kappa shape index (κ1) is 15.5. The predicted molar refractivity (Wildman–Crippen MR) is 80.4 cm³/mol. The fourth-order valence-corrected chi connectivity index (χ4v) is 2.23. The largest absolute Gasteiger partial charge is 0.351 e. The second kappa shape index (κ2) is 6.26. The summed E-state index contributed by atoms with van der Waals surface area (Å²) in [5.74, 6) is 0.430. The smallest absolute Gasteiger partial charge is 0.230 e. The van der Waals surface area contributed by atoms with E-state index in [2.05, 4.69) is 20.5 Å². The van der Waals surface area contributed by atoms with Crippen LogP contribution in [0.1, 0.15) is 20.8 Å². The van der Waals surface area contributed by atoms with Crippen LogP contribution < -0.4 is 5.32 Å². The first-order chi connectivity index (χ1) is 9.83. The van der Waals surface area contributed by atoms with Crippen LogP contribution in [0.15, 0.2) is 29.4 Å². The van der Waals surface area contributed by atoms with Crippen LogP contribution in [0.3, 0.4) is 0 Å². The van der Waals surface area contributed by atoms with Crippen molar-refractivity contribution in [3.05, 3.63) is 30.1 Å². The molecule has 112 valence electrons. The number of hydrogen-bond acceptors (Lipinski definition) is 4. The van der Waals surface area contributed by atoms with Gasteiger partial charge < -0.3 is 5.32 Å². The summed E-state index contributed by atoms with van der Waals surface area (Å²) in [5.41, 5.74) is 0.491. The molecule has 2 N–H and O–H groups in total. The van der Waals surface area contributed by atoms with E-state index in [1.54, 1.807) is 12.1 Å². The molecule has 2 rings (SSSR count). The lowest BCUT2D eigenvalue weighted by atomic mass is 10.1. The molecule has 0 atom stereocenters. The molecule has 21 heavy (non-hydrogen) atoms. The molecule has 0 saturated carbocycles. The Morgan fingerprint density at radius 1 is 1.33 bits per heavy atom. The van der Waals surface area contributed by atoms with Crippen LogP contribution >= 0.6 is 11.8 Å². The Bertz CT molecular complexity index is 619. The number of aromatic amines is 1. The SMILES string of the molecule is CC(C)(C)NC(=O)CSc1n[nH]c(-c2ccc(F)cc2)n1. The number of hydrogen-bond donors (Lipinski definition) is 2. The zero-order valence-electron chi connectivity index (χ0n) is 12.1. The van der Waals surface area contributed by atoms with E-state index < -0.39 is 0 Å². The summed E-state index contributed by atoms with van der Waals surface area (Å²) < 4.78 is 12.9. The number of benzene rings is 1. The molecular weight excluding hydrogens is 291 g/mol. The maximum Gasteiger partial charge on any atom is 0.230 e. The third-order valence-electron chi connectivity index (χ3n) is 2.43. The zero-order valence-corrected chi connectivity index (χ0v) is 12.9. The highest BCUT2D eigenvalue weighted by atomic mass is 32.2. The van der Waals surface area contributed by atoms with Crippen LogP contribution in [-0.2, 0) is 4.79 Å². The Morgan fingerprint density at radius 2 is 2.00 bits per heavy atom. The van der Waals surface area contributed by atoms with Crippen LogP contribution in [0.25, 0.3) is 11.4 Å². The Hall–Kier alpha value is -1.89. The number of amides is 1. The van der Waals surface area contributed by atoms with Gasteiger partial charge in [-0.05, 0) is 45.0 Å². The molecule has 1 amide bonds. The fourth-order valence-electron chi connectivity index (χ4n) is 1.63. The second-order valence-electron chi connectivity index (χ2n) is 5.56. The molecule has 1 heterocycles. The van der Waals surface area contributed by atoms with Gasteiger partial charge in [0.25, 0.3) is 0 Å². The lowest BCUT2D eigenvalue weighted by Gasteiger charge is -2.19. The Kier molecular flexibility index (Phi) is 4.62. The van der Waals surface area contributed by atoms with Gasteiger partial charge in [0.2, 0.25) is 11.1 Å². The number of carbonyl (C=O) groups excluding carboxylic acids is 1. The van der Waals surface area contributed by atoms with Crippen LogP contribution in [0, 0.1) is 5.82 Å². The van der Waals surface area contributed by atoms with E-state index in [4.69, 9.17) is 0 Å². The number of nitrogens with zero attached hydrogens (tertiary/aromatic N) is 2. The molecule has 0 radical (unpaired) electrons. The van der Waals surface area contributed by atoms with Gasteiger partial charge in [-0.2, -0.15) is 0 Å². The van der Waals surface area contributed by atoms with Crippen molar-refractivity contribution in [1.82, 2.24) is 20.5 Å². The Morgan fingerprint density at radius 3 is 2.62 bits per heavy atom. The highest BCUT2D eigenvalue weighted by Crippen LogP contribution is 2.19. The number of carbonyl (C=O) groups is 1. The quantitative estimate of drug-likeness (QED) is 0.852. The van der Waals surface area contributed by atoms with Crippen molar-refractivity contribution in [2.45, 2.75) is 31.5 Å². The van der Waals surface area contributed by atoms with Crippen LogP contribution in [-0.4, -0.2) is 32.4 Å². The van der Waals surface area contributed by atoms with E-state index in [9.17, 15) is 9.18 Å². The topological polar surface area (TPSA) is 70.7 Å². The highest BCUT2D eigenvalue weighted by molar-refractivity contribution is 7.99. The number of aromatic nitrogens is 3. The number of nitrogens with one attached hydrogen (secondary N) is 2. The first-order valence-corrected chi connectivity index (χ1v) is 7.44. The average Bonchev–Trinajstić information content (AvgIpc) is 2.84. The van der Waals surface area contributed by atoms with E-state index in [1.807, 2.05) is 20.8 Å². The summed E-state index contributed by atoms with van der Waals surface area (Å²) in [5, 5.41) is 10.2. The molecule has 0 aliphatic carbocycles. The standard InChI is InChI=1S/C14H17FN4OS/c1-14(2,3)17-11(20)8-21-13-16-12(18-19-13)9-4-6-10(15)7-5-9/h4-7H,8H2,1-3H3,(H,17,20)(H,16,18,19).